The minimum Gasteiger partial charge on any atom is -0.395 e. The van der Waals surface area contributed by atoms with Crippen LogP contribution in [-0.4, -0.2) is 6.54 Å². The SMILES string of the molecule is CCCNc1cccc(F)c1N. The zero-order valence-corrected chi connectivity index (χ0v) is 7.10. The van der Waals surface area contributed by atoms with Crippen LogP contribution in [0.4, 0.5) is 15.8 Å². The number of nitrogens with one attached hydrogen (secondary N) is 1. The van der Waals surface area contributed by atoms with E-state index >= 15 is 0 Å². The van der Waals surface area contributed by atoms with Gasteiger partial charge in [0.1, 0.15) is 5.82 Å². The van der Waals surface area contributed by atoms with Crippen LogP contribution in [-0.2, 0) is 0 Å². The van der Waals surface area contributed by atoms with Crippen molar-refractivity contribution < 1.29 is 4.39 Å². The molecule has 0 aliphatic heterocycles. The van der Waals surface area contributed by atoms with E-state index in [0.29, 0.717) is 5.69 Å². The van der Waals surface area contributed by atoms with Crippen LogP contribution in [0.25, 0.3) is 0 Å². The second kappa shape index (κ2) is 3.95. The van der Waals surface area contributed by atoms with Crippen LogP contribution < -0.4 is 11.1 Å². The van der Waals surface area contributed by atoms with Crippen molar-refractivity contribution in [1.82, 2.24) is 0 Å². The van der Waals surface area contributed by atoms with Gasteiger partial charge < -0.3 is 11.1 Å². The maximum Gasteiger partial charge on any atom is 0.148 e. The summed E-state index contributed by atoms with van der Waals surface area (Å²) in [5.41, 5.74) is 6.36. The van der Waals surface area contributed by atoms with Gasteiger partial charge in [-0.2, -0.15) is 0 Å². The minimum absolute atomic E-state index is 0.200. The van der Waals surface area contributed by atoms with E-state index in [1.54, 1.807) is 12.1 Å². The standard InChI is InChI=1S/C9H13FN2/c1-2-6-12-8-5-3-4-7(10)9(8)11/h3-5,12H,2,6,11H2,1H3. The molecule has 0 spiro atoms. The highest BCUT2D eigenvalue weighted by molar-refractivity contribution is 5.66. The summed E-state index contributed by atoms with van der Waals surface area (Å²) < 4.78 is 12.8. The second-order valence-corrected chi connectivity index (χ2v) is 2.63. The Balaban J connectivity index is 2.78. The summed E-state index contributed by atoms with van der Waals surface area (Å²) >= 11 is 0. The molecule has 0 aromatic heterocycles. The lowest BCUT2D eigenvalue weighted by molar-refractivity contribution is 0.633. The Morgan fingerprint density at radius 1 is 1.50 bits per heavy atom. The zero-order valence-electron chi connectivity index (χ0n) is 7.10. The van der Waals surface area contributed by atoms with Gasteiger partial charge in [0.15, 0.2) is 0 Å². The van der Waals surface area contributed by atoms with Crippen molar-refractivity contribution in [2.75, 3.05) is 17.6 Å². The van der Waals surface area contributed by atoms with E-state index in [1.807, 2.05) is 6.92 Å². The Hall–Kier alpha value is -1.25. The van der Waals surface area contributed by atoms with Crippen molar-refractivity contribution in [1.29, 1.82) is 0 Å². The number of halogens is 1. The van der Waals surface area contributed by atoms with E-state index in [-0.39, 0.29) is 11.5 Å². The average Bonchev–Trinajstić information content (AvgIpc) is 2.08. The molecular weight excluding hydrogens is 155 g/mol. The van der Waals surface area contributed by atoms with Crippen molar-refractivity contribution in [3.63, 3.8) is 0 Å². The number of hydrogen-bond acceptors (Lipinski definition) is 2. The quantitative estimate of drug-likeness (QED) is 0.679. The number of nitrogen functional groups attached to an aromatic ring is 1. The third-order valence-electron chi connectivity index (χ3n) is 1.62. The normalized spacial score (nSPS) is 9.83. The van der Waals surface area contributed by atoms with Gasteiger partial charge in [0.05, 0.1) is 11.4 Å². The van der Waals surface area contributed by atoms with E-state index in [1.165, 1.54) is 6.07 Å². The lowest BCUT2D eigenvalue weighted by Crippen LogP contribution is -2.04. The summed E-state index contributed by atoms with van der Waals surface area (Å²) in [6, 6.07) is 4.77. The molecule has 0 radical (unpaired) electrons. The molecule has 0 aliphatic rings. The number of para-hydroxylation sites is 1. The molecule has 66 valence electrons. The molecule has 3 N–H and O–H groups in total. The van der Waals surface area contributed by atoms with Gasteiger partial charge in [-0.25, -0.2) is 4.39 Å². The van der Waals surface area contributed by atoms with Crippen LogP contribution in [0.15, 0.2) is 18.2 Å². The molecule has 1 aromatic carbocycles. The summed E-state index contributed by atoms with van der Waals surface area (Å²) in [5, 5.41) is 3.04. The second-order valence-electron chi connectivity index (χ2n) is 2.63. The Labute approximate surface area is 71.6 Å². The lowest BCUT2D eigenvalue weighted by atomic mass is 10.2. The maximum atomic E-state index is 12.8. The largest absolute Gasteiger partial charge is 0.395 e. The molecule has 3 heteroatoms. The van der Waals surface area contributed by atoms with Gasteiger partial charge in [-0.1, -0.05) is 13.0 Å². The number of nitrogens with two attached hydrogens (primary N) is 1. The summed E-state index contributed by atoms with van der Waals surface area (Å²) in [5.74, 6) is -0.365. The molecule has 1 rings (SSSR count). The molecule has 12 heavy (non-hydrogen) atoms. The third-order valence-corrected chi connectivity index (χ3v) is 1.62. The molecule has 0 saturated carbocycles. The van der Waals surface area contributed by atoms with Crippen molar-refractivity contribution in [2.45, 2.75) is 13.3 Å². The van der Waals surface area contributed by atoms with Crippen molar-refractivity contribution in [2.24, 2.45) is 0 Å². The molecule has 0 heterocycles. The predicted molar refractivity (Wildman–Crippen MR) is 49.6 cm³/mol. The maximum absolute atomic E-state index is 12.8. The highest BCUT2D eigenvalue weighted by Crippen LogP contribution is 2.20. The fourth-order valence-electron chi connectivity index (χ4n) is 0.951. The average molecular weight is 168 g/mol. The van der Waals surface area contributed by atoms with Crippen LogP contribution in [0.3, 0.4) is 0 Å². The molecule has 0 atom stereocenters. The number of rotatable bonds is 3. The third kappa shape index (κ3) is 1.87. The number of benzene rings is 1. The molecule has 0 unspecified atom stereocenters. The van der Waals surface area contributed by atoms with Gasteiger partial charge in [-0.05, 0) is 18.6 Å². The van der Waals surface area contributed by atoms with Gasteiger partial charge in [0.2, 0.25) is 0 Å². The molecule has 1 aromatic rings. The summed E-state index contributed by atoms with van der Waals surface area (Å²) in [6.45, 7) is 2.86. The first-order chi connectivity index (χ1) is 5.75. The fourth-order valence-corrected chi connectivity index (χ4v) is 0.951. The summed E-state index contributed by atoms with van der Waals surface area (Å²) in [7, 11) is 0. The zero-order chi connectivity index (χ0) is 8.97. The van der Waals surface area contributed by atoms with E-state index in [0.717, 1.165) is 13.0 Å². The van der Waals surface area contributed by atoms with Gasteiger partial charge in [-0.3, -0.25) is 0 Å². The summed E-state index contributed by atoms with van der Waals surface area (Å²) in [4.78, 5) is 0. The minimum atomic E-state index is -0.365. The smallest absolute Gasteiger partial charge is 0.148 e. The Bertz CT molecular complexity index is 261. The molecule has 0 bridgehead atoms. The highest BCUT2D eigenvalue weighted by Gasteiger charge is 2.01. The van der Waals surface area contributed by atoms with Crippen LogP contribution in [0.2, 0.25) is 0 Å². The molecular formula is C9H13FN2. The first kappa shape index (κ1) is 8.84. The van der Waals surface area contributed by atoms with Crippen molar-refractivity contribution in [3.8, 4) is 0 Å². The Morgan fingerprint density at radius 3 is 2.92 bits per heavy atom. The molecule has 0 saturated heterocycles. The van der Waals surface area contributed by atoms with Crippen LogP contribution in [0, 0.1) is 5.82 Å². The Morgan fingerprint density at radius 2 is 2.25 bits per heavy atom. The monoisotopic (exact) mass is 168 g/mol. The lowest BCUT2D eigenvalue weighted by Gasteiger charge is -2.07. The van der Waals surface area contributed by atoms with E-state index in [2.05, 4.69) is 5.32 Å². The number of anilines is 2. The fraction of sp³-hybridized carbons (Fsp3) is 0.333. The number of hydrogen-bond donors (Lipinski definition) is 2. The van der Waals surface area contributed by atoms with Crippen LogP contribution in [0.1, 0.15) is 13.3 Å². The molecule has 2 nitrogen and oxygen atoms in total. The molecule has 0 aliphatic carbocycles. The molecule has 0 fully saturated rings. The van der Waals surface area contributed by atoms with Crippen molar-refractivity contribution >= 4 is 11.4 Å². The van der Waals surface area contributed by atoms with Crippen LogP contribution in [0.5, 0.6) is 0 Å². The molecule has 0 amide bonds. The van der Waals surface area contributed by atoms with E-state index < -0.39 is 0 Å². The van der Waals surface area contributed by atoms with E-state index in [4.69, 9.17) is 5.73 Å². The summed E-state index contributed by atoms with van der Waals surface area (Å²) in [6.07, 6.45) is 0.996. The Kier molecular flexibility index (Phi) is 2.91. The predicted octanol–water partition coefficient (Wildman–Crippen LogP) is 2.23. The van der Waals surface area contributed by atoms with Gasteiger partial charge in [0.25, 0.3) is 0 Å². The van der Waals surface area contributed by atoms with E-state index in [9.17, 15) is 4.39 Å². The van der Waals surface area contributed by atoms with Gasteiger partial charge in [0, 0.05) is 6.54 Å². The topological polar surface area (TPSA) is 38.0 Å². The van der Waals surface area contributed by atoms with Crippen LogP contribution >= 0.6 is 0 Å². The van der Waals surface area contributed by atoms with Crippen molar-refractivity contribution in [3.05, 3.63) is 24.0 Å². The van der Waals surface area contributed by atoms with Gasteiger partial charge in [-0.15, -0.1) is 0 Å². The van der Waals surface area contributed by atoms with Gasteiger partial charge >= 0.3 is 0 Å². The first-order valence-electron chi connectivity index (χ1n) is 4.03. The first-order valence-corrected chi connectivity index (χ1v) is 4.03. The highest BCUT2D eigenvalue weighted by atomic mass is 19.1.